The Morgan fingerprint density at radius 2 is 2.30 bits per heavy atom. The molecule has 0 radical (unpaired) electrons. The lowest BCUT2D eigenvalue weighted by Gasteiger charge is -2.07. The first kappa shape index (κ1) is 9.43. The highest BCUT2D eigenvalue weighted by Gasteiger charge is 2.02. The van der Waals surface area contributed by atoms with E-state index in [4.69, 9.17) is 9.84 Å². The third-order valence-electron chi connectivity index (χ3n) is 1.13. The summed E-state index contributed by atoms with van der Waals surface area (Å²) in [6, 6.07) is 0. The monoisotopic (exact) mass is 146 g/mol. The molecule has 0 fully saturated rings. The van der Waals surface area contributed by atoms with Crippen molar-refractivity contribution in [3.05, 3.63) is 0 Å². The zero-order valence-corrected chi connectivity index (χ0v) is 6.46. The molecule has 10 heavy (non-hydrogen) atoms. The number of aliphatic hydroxyl groups is 1. The molecule has 0 aromatic heterocycles. The summed E-state index contributed by atoms with van der Waals surface area (Å²) in [6.07, 6.45) is 0.401. The van der Waals surface area contributed by atoms with Gasteiger partial charge in [-0.15, -0.1) is 0 Å². The zero-order valence-electron chi connectivity index (χ0n) is 6.46. The molecule has 1 atom stereocenters. The van der Waals surface area contributed by atoms with E-state index in [1.807, 2.05) is 6.92 Å². The highest BCUT2D eigenvalue weighted by Crippen LogP contribution is 1.94. The molecule has 0 aliphatic rings. The summed E-state index contributed by atoms with van der Waals surface area (Å²) in [6.45, 7) is 3.95. The van der Waals surface area contributed by atoms with Crippen LogP contribution < -0.4 is 0 Å². The van der Waals surface area contributed by atoms with Gasteiger partial charge in [0.2, 0.25) is 0 Å². The van der Waals surface area contributed by atoms with Crippen LogP contribution in [0.15, 0.2) is 0 Å². The van der Waals surface area contributed by atoms with Gasteiger partial charge in [-0.25, -0.2) is 0 Å². The number of carbonyl (C=O) groups is 1. The Labute approximate surface area is 61.0 Å². The lowest BCUT2D eigenvalue weighted by Crippen LogP contribution is -2.13. The number of rotatable bonds is 4. The molecule has 0 amide bonds. The molecular formula is C7H14O3. The van der Waals surface area contributed by atoms with Gasteiger partial charge in [0.15, 0.2) is 0 Å². The van der Waals surface area contributed by atoms with Gasteiger partial charge in [-0.3, -0.25) is 4.79 Å². The maximum Gasteiger partial charge on any atom is 0.305 e. The summed E-state index contributed by atoms with van der Waals surface area (Å²) in [4.78, 5) is 10.5. The van der Waals surface area contributed by atoms with Crippen molar-refractivity contribution in [2.75, 3.05) is 13.2 Å². The predicted molar refractivity (Wildman–Crippen MR) is 37.5 cm³/mol. The van der Waals surface area contributed by atoms with E-state index in [1.165, 1.54) is 0 Å². The summed E-state index contributed by atoms with van der Waals surface area (Å²) < 4.78 is 4.74. The molecule has 3 nitrogen and oxygen atoms in total. The number of ether oxygens (including phenoxy) is 1. The highest BCUT2D eigenvalue weighted by atomic mass is 16.5. The number of hydrogen-bond acceptors (Lipinski definition) is 3. The molecule has 0 unspecified atom stereocenters. The lowest BCUT2D eigenvalue weighted by molar-refractivity contribution is -0.144. The van der Waals surface area contributed by atoms with Crippen molar-refractivity contribution >= 4 is 5.97 Å². The normalized spacial score (nSPS) is 12.7. The molecule has 0 aliphatic carbocycles. The van der Waals surface area contributed by atoms with E-state index < -0.39 is 0 Å². The summed E-state index contributed by atoms with van der Waals surface area (Å²) in [7, 11) is 0. The maximum absolute atomic E-state index is 10.5. The largest absolute Gasteiger partial charge is 0.465 e. The molecule has 0 aromatic carbocycles. The summed E-state index contributed by atoms with van der Waals surface area (Å²) >= 11 is 0. The highest BCUT2D eigenvalue weighted by molar-refractivity contribution is 5.68. The van der Waals surface area contributed by atoms with E-state index in [9.17, 15) is 4.79 Å². The second kappa shape index (κ2) is 5.23. The fourth-order valence-electron chi connectivity index (χ4n) is 0.390. The van der Waals surface area contributed by atoms with Crippen LogP contribution in [0.4, 0.5) is 0 Å². The molecule has 1 N–H and O–H groups in total. The van der Waals surface area contributed by atoms with Gasteiger partial charge in [0.05, 0.1) is 6.61 Å². The van der Waals surface area contributed by atoms with Crippen LogP contribution in [0.3, 0.4) is 0 Å². The Hall–Kier alpha value is -0.570. The smallest absolute Gasteiger partial charge is 0.305 e. The molecule has 0 aromatic rings. The van der Waals surface area contributed by atoms with Gasteiger partial charge in [-0.1, -0.05) is 13.8 Å². The minimum atomic E-state index is -0.208. The van der Waals surface area contributed by atoms with Crippen LogP contribution >= 0.6 is 0 Å². The number of carbonyl (C=O) groups excluding carboxylic acids is 1. The minimum Gasteiger partial charge on any atom is -0.465 e. The van der Waals surface area contributed by atoms with Gasteiger partial charge in [0.25, 0.3) is 0 Å². The van der Waals surface area contributed by atoms with E-state index >= 15 is 0 Å². The van der Waals surface area contributed by atoms with Crippen molar-refractivity contribution in [3.63, 3.8) is 0 Å². The van der Waals surface area contributed by atoms with Crippen molar-refractivity contribution in [1.82, 2.24) is 0 Å². The van der Waals surface area contributed by atoms with Crippen molar-refractivity contribution in [2.24, 2.45) is 5.92 Å². The molecule has 0 rings (SSSR count). The van der Waals surface area contributed by atoms with E-state index in [2.05, 4.69) is 0 Å². The molecule has 60 valence electrons. The van der Waals surface area contributed by atoms with Crippen LogP contribution in [-0.2, 0) is 9.53 Å². The Morgan fingerprint density at radius 3 is 2.70 bits per heavy atom. The van der Waals surface area contributed by atoms with E-state index in [0.717, 1.165) is 0 Å². The predicted octanol–water partition coefficient (Wildman–Crippen LogP) is 0.568. The summed E-state index contributed by atoms with van der Waals surface area (Å²) in [5, 5.41) is 8.53. The molecule has 0 aliphatic heterocycles. The van der Waals surface area contributed by atoms with E-state index in [0.29, 0.717) is 13.0 Å². The van der Waals surface area contributed by atoms with Gasteiger partial charge in [-0.2, -0.15) is 0 Å². The Balaban J connectivity index is 3.26. The number of hydrogen-bond donors (Lipinski definition) is 1. The SMILES string of the molecule is CCC(=O)OC[C@H](C)CO. The van der Waals surface area contributed by atoms with E-state index in [1.54, 1.807) is 6.92 Å². The molecule has 0 heterocycles. The quantitative estimate of drug-likeness (QED) is 0.590. The third-order valence-corrected chi connectivity index (χ3v) is 1.13. The first-order chi connectivity index (χ1) is 4.70. The van der Waals surface area contributed by atoms with Crippen molar-refractivity contribution in [1.29, 1.82) is 0 Å². The standard InChI is InChI=1S/C7H14O3/c1-3-7(9)10-5-6(2)4-8/h6,8H,3-5H2,1-2H3/t6-/m1/s1. The topological polar surface area (TPSA) is 46.5 Å². The Bertz CT molecular complexity index is 101. The molecule has 0 saturated heterocycles. The first-order valence-electron chi connectivity index (χ1n) is 3.47. The van der Waals surface area contributed by atoms with Gasteiger partial charge >= 0.3 is 5.97 Å². The fourth-order valence-corrected chi connectivity index (χ4v) is 0.390. The molecular weight excluding hydrogens is 132 g/mol. The average molecular weight is 146 g/mol. The number of aliphatic hydroxyl groups excluding tert-OH is 1. The number of esters is 1. The molecule has 0 bridgehead atoms. The molecule has 0 spiro atoms. The van der Waals surface area contributed by atoms with Gasteiger partial charge < -0.3 is 9.84 Å². The third kappa shape index (κ3) is 4.32. The fraction of sp³-hybridized carbons (Fsp3) is 0.857. The maximum atomic E-state index is 10.5. The second-order valence-corrected chi connectivity index (χ2v) is 2.32. The minimum absolute atomic E-state index is 0.0514. The van der Waals surface area contributed by atoms with Crippen LogP contribution in [0.1, 0.15) is 20.3 Å². The Morgan fingerprint density at radius 1 is 1.70 bits per heavy atom. The van der Waals surface area contributed by atoms with Crippen molar-refractivity contribution in [3.8, 4) is 0 Å². The van der Waals surface area contributed by atoms with Gasteiger partial charge in [0, 0.05) is 18.9 Å². The van der Waals surface area contributed by atoms with Crippen LogP contribution in [0.2, 0.25) is 0 Å². The van der Waals surface area contributed by atoms with Gasteiger partial charge in [0.1, 0.15) is 0 Å². The van der Waals surface area contributed by atoms with Gasteiger partial charge in [-0.05, 0) is 0 Å². The van der Waals surface area contributed by atoms with Crippen LogP contribution in [0.5, 0.6) is 0 Å². The first-order valence-corrected chi connectivity index (χ1v) is 3.47. The Kier molecular flexibility index (Phi) is 4.94. The zero-order chi connectivity index (χ0) is 7.98. The molecule has 0 saturated carbocycles. The lowest BCUT2D eigenvalue weighted by atomic mass is 10.2. The second-order valence-electron chi connectivity index (χ2n) is 2.32. The summed E-state index contributed by atoms with van der Waals surface area (Å²) in [5.74, 6) is -0.157. The van der Waals surface area contributed by atoms with Crippen LogP contribution in [-0.4, -0.2) is 24.3 Å². The van der Waals surface area contributed by atoms with Crippen LogP contribution in [0, 0.1) is 5.92 Å². The average Bonchev–Trinajstić information content (AvgIpc) is 1.99. The molecule has 3 heteroatoms. The van der Waals surface area contributed by atoms with Crippen LogP contribution in [0.25, 0.3) is 0 Å². The van der Waals surface area contributed by atoms with E-state index in [-0.39, 0.29) is 18.5 Å². The van der Waals surface area contributed by atoms with Crippen molar-refractivity contribution < 1.29 is 14.6 Å². The summed E-state index contributed by atoms with van der Waals surface area (Å²) in [5.41, 5.74) is 0. The van der Waals surface area contributed by atoms with Crippen molar-refractivity contribution in [2.45, 2.75) is 20.3 Å².